The summed E-state index contributed by atoms with van der Waals surface area (Å²) in [7, 11) is 0. The third-order valence-electron chi connectivity index (χ3n) is 3.25. The van der Waals surface area contributed by atoms with E-state index >= 15 is 0 Å². The van der Waals surface area contributed by atoms with Crippen molar-refractivity contribution in [1.82, 2.24) is 5.32 Å². The summed E-state index contributed by atoms with van der Waals surface area (Å²) in [6.07, 6.45) is 7.53. The lowest BCUT2D eigenvalue weighted by Gasteiger charge is -2.22. The number of amides is 1. The third-order valence-corrected chi connectivity index (χ3v) is 3.53. The molecule has 1 N–H and O–H groups in total. The minimum atomic E-state index is -0.160. The second kappa shape index (κ2) is 6.60. The lowest BCUT2D eigenvalue weighted by Crippen LogP contribution is -2.36. The molecule has 18 heavy (non-hydrogen) atoms. The van der Waals surface area contributed by atoms with Crippen LogP contribution in [0.1, 0.15) is 37.7 Å². The molecule has 0 saturated heterocycles. The molecule has 0 bridgehead atoms. The van der Waals surface area contributed by atoms with Gasteiger partial charge in [0.05, 0.1) is 0 Å². The second-order valence-corrected chi connectivity index (χ2v) is 5.12. The van der Waals surface area contributed by atoms with Gasteiger partial charge in [0.15, 0.2) is 0 Å². The summed E-state index contributed by atoms with van der Waals surface area (Å²) in [5.74, 6) is -0.160. The number of nitrogens with one attached hydrogen (secondary N) is 1. The SMILES string of the molecule is O=C(NC1CCCCC1)C(Cl)=Cc1ccccc1. The Labute approximate surface area is 113 Å². The molecule has 0 radical (unpaired) electrons. The van der Waals surface area contributed by atoms with Gasteiger partial charge in [-0.1, -0.05) is 61.2 Å². The first-order valence-corrected chi connectivity index (χ1v) is 6.86. The highest BCUT2D eigenvalue weighted by molar-refractivity contribution is 6.44. The van der Waals surface area contributed by atoms with Crippen LogP contribution in [-0.4, -0.2) is 11.9 Å². The molecule has 1 amide bonds. The van der Waals surface area contributed by atoms with E-state index in [0.29, 0.717) is 6.04 Å². The van der Waals surface area contributed by atoms with Crippen molar-refractivity contribution in [1.29, 1.82) is 0 Å². The van der Waals surface area contributed by atoms with Gasteiger partial charge in [0.1, 0.15) is 5.03 Å². The largest absolute Gasteiger partial charge is 0.349 e. The zero-order valence-electron chi connectivity index (χ0n) is 10.4. The average Bonchev–Trinajstić information content (AvgIpc) is 2.41. The maximum Gasteiger partial charge on any atom is 0.263 e. The van der Waals surface area contributed by atoms with Crippen LogP contribution in [0, 0.1) is 0 Å². The van der Waals surface area contributed by atoms with E-state index in [1.165, 1.54) is 19.3 Å². The van der Waals surface area contributed by atoms with E-state index in [4.69, 9.17) is 11.6 Å². The van der Waals surface area contributed by atoms with Crippen LogP contribution in [0.25, 0.3) is 6.08 Å². The smallest absolute Gasteiger partial charge is 0.263 e. The summed E-state index contributed by atoms with van der Waals surface area (Å²) in [5, 5.41) is 3.26. The molecule has 1 saturated carbocycles. The first kappa shape index (κ1) is 13.2. The van der Waals surface area contributed by atoms with Crippen LogP contribution >= 0.6 is 11.6 Å². The molecule has 0 heterocycles. The fourth-order valence-corrected chi connectivity index (χ4v) is 2.44. The number of hydrogen-bond donors (Lipinski definition) is 1. The quantitative estimate of drug-likeness (QED) is 0.828. The van der Waals surface area contributed by atoms with Crippen LogP contribution < -0.4 is 5.32 Å². The molecule has 0 atom stereocenters. The normalized spacial score (nSPS) is 17.5. The summed E-state index contributed by atoms with van der Waals surface area (Å²) < 4.78 is 0. The van der Waals surface area contributed by atoms with Crippen molar-refractivity contribution < 1.29 is 4.79 Å². The molecule has 0 unspecified atom stereocenters. The van der Waals surface area contributed by atoms with Crippen molar-refractivity contribution in [3.05, 3.63) is 40.9 Å². The van der Waals surface area contributed by atoms with Gasteiger partial charge in [-0.3, -0.25) is 4.79 Å². The van der Waals surface area contributed by atoms with Crippen LogP contribution in [0.2, 0.25) is 0 Å². The molecule has 1 aliphatic rings. The molecule has 0 aromatic heterocycles. The van der Waals surface area contributed by atoms with Gasteiger partial charge in [-0.05, 0) is 24.5 Å². The summed E-state index contributed by atoms with van der Waals surface area (Å²) in [6.45, 7) is 0. The molecule has 2 nitrogen and oxygen atoms in total. The van der Waals surface area contributed by atoms with Gasteiger partial charge < -0.3 is 5.32 Å². The molecule has 96 valence electrons. The molecule has 0 aliphatic heterocycles. The minimum Gasteiger partial charge on any atom is -0.349 e. The van der Waals surface area contributed by atoms with Crippen molar-refractivity contribution in [3.63, 3.8) is 0 Å². The highest BCUT2D eigenvalue weighted by Crippen LogP contribution is 2.18. The fraction of sp³-hybridized carbons (Fsp3) is 0.400. The van der Waals surface area contributed by atoms with Gasteiger partial charge >= 0.3 is 0 Å². The number of benzene rings is 1. The number of halogens is 1. The molecule has 1 aromatic carbocycles. The third kappa shape index (κ3) is 3.88. The Morgan fingerprint density at radius 1 is 1.17 bits per heavy atom. The highest BCUT2D eigenvalue weighted by Gasteiger charge is 2.16. The van der Waals surface area contributed by atoms with Crippen LogP contribution in [0.3, 0.4) is 0 Å². The van der Waals surface area contributed by atoms with Crippen LogP contribution in [0.15, 0.2) is 35.4 Å². The van der Waals surface area contributed by atoms with E-state index in [1.54, 1.807) is 6.08 Å². The van der Waals surface area contributed by atoms with Gasteiger partial charge in [-0.2, -0.15) is 0 Å². The Morgan fingerprint density at radius 2 is 1.83 bits per heavy atom. The molecule has 0 spiro atoms. The predicted octanol–water partition coefficient (Wildman–Crippen LogP) is 3.72. The minimum absolute atomic E-state index is 0.160. The zero-order valence-corrected chi connectivity index (χ0v) is 11.1. The molecule has 1 aliphatic carbocycles. The van der Waals surface area contributed by atoms with Gasteiger partial charge in [0.25, 0.3) is 5.91 Å². The number of carbonyl (C=O) groups is 1. The first-order valence-electron chi connectivity index (χ1n) is 6.49. The molecule has 2 rings (SSSR count). The monoisotopic (exact) mass is 263 g/mol. The maximum absolute atomic E-state index is 11.9. The van der Waals surface area contributed by atoms with Crippen molar-refractivity contribution in [2.24, 2.45) is 0 Å². The molecular weight excluding hydrogens is 246 g/mol. The standard InChI is InChI=1S/C15H18ClNO/c16-14(11-12-7-3-1-4-8-12)15(18)17-13-9-5-2-6-10-13/h1,3-4,7-8,11,13H,2,5-6,9-10H2,(H,17,18). The predicted molar refractivity (Wildman–Crippen MR) is 75.3 cm³/mol. The van der Waals surface area contributed by atoms with Crippen LogP contribution in [-0.2, 0) is 4.79 Å². The fourth-order valence-electron chi connectivity index (χ4n) is 2.26. The molecule has 1 aromatic rings. The van der Waals surface area contributed by atoms with E-state index in [9.17, 15) is 4.79 Å². The number of carbonyl (C=O) groups excluding carboxylic acids is 1. The van der Waals surface area contributed by atoms with Crippen molar-refractivity contribution in [2.45, 2.75) is 38.1 Å². The van der Waals surface area contributed by atoms with Crippen LogP contribution in [0.5, 0.6) is 0 Å². The van der Waals surface area contributed by atoms with Gasteiger partial charge in [0, 0.05) is 6.04 Å². The Hall–Kier alpha value is -1.28. The Bertz CT molecular complexity index is 421. The zero-order chi connectivity index (χ0) is 12.8. The van der Waals surface area contributed by atoms with E-state index in [2.05, 4.69) is 5.32 Å². The van der Waals surface area contributed by atoms with E-state index in [0.717, 1.165) is 18.4 Å². The number of rotatable bonds is 3. The van der Waals surface area contributed by atoms with Gasteiger partial charge in [-0.15, -0.1) is 0 Å². The topological polar surface area (TPSA) is 29.1 Å². The Morgan fingerprint density at radius 3 is 2.50 bits per heavy atom. The lowest BCUT2D eigenvalue weighted by molar-refractivity contribution is -0.117. The lowest BCUT2D eigenvalue weighted by atomic mass is 9.95. The van der Waals surface area contributed by atoms with Gasteiger partial charge in [0.2, 0.25) is 0 Å². The molecular formula is C15H18ClNO. The summed E-state index contributed by atoms with van der Waals surface area (Å²) in [4.78, 5) is 11.9. The van der Waals surface area contributed by atoms with E-state index in [-0.39, 0.29) is 10.9 Å². The summed E-state index contributed by atoms with van der Waals surface area (Å²) in [6, 6.07) is 9.94. The average molecular weight is 264 g/mol. The van der Waals surface area contributed by atoms with E-state index < -0.39 is 0 Å². The Kier molecular flexibility index (Phi) is 4.82. The van der Waals surface area contributed by atoms with Crippen molar-refractivity contribution in [2.75, 3.05) is 0 Å². The molecule has 1 fully saturated rings. The highest BCUT2D eigenvalue weighted by atomic mass is 35.5. The molecule has 3 heteroatoms. The summed E-state index contributed by atoms with van der Waals surface area (Å²) >= 11 is 6.03. The Balaban J connectivity index is 1.93. The first-order chi connectivity index (χ1) is 8.75. The van der Waals surface area contributed by atoms with E-state index in [1.807, 2.05) is 30.3 Å². The maximum atomic E-state index is 11.9. The van der Waals surface area contributed by atoms with Gasteiger partial charge in [-0.25, -0.2) is 0 Å². The number of hydrogen-bond acceptors (Lipinski definition) is 1. The summed E-state index contributed by atoms with van der Waals surface area (Å²) in [5.41, 5.74) is 0.946. The second-order valence-electron chi connectivity index (χ2n) is 4.71. The van der Waals surface area contributed by atoms with Crippen molar-refractivity contribution >= 4 is 23.6 Å². The van der Waals surface area contributed by atoms with Crippen LogP contribution in [0.4, 0.5) is 0 Å². The van der Waals surface area contributed by atoms with Crippen molar-refractivity contribution in [3.8, 4) is 0 Å².